The highest BCUT2D eigenvalue weighted by Gasteiger charge is 2.56. The summed E-state index contributed by atoms with van der Waals surface area (Å²) in [6.45, 7) is 8.21. The molecule has 2 aromatic rings. The molecular formula is C25H29NO4. The van der Waals surface area contributed by atoms with E-state index in [1.165, 1.54) is 0 Å². The molecule has 1 unspecified atom stereocenters. The molecule has 5 nitrogen and oxygen atoms in total. The van der Waals surface area contributed by atoms with E-state index in [0.717, 1.165) is 11.1 Å². The van der Waals surface area contributed by atoms with Gasteiger partial charge in [-0.1, -0.05) is 66.7 Å². The number of cyclic esters (lactones) is 1. The van der Waals surface area contributed by atoms with Crippen LogP contribution in [-0.4, -0.2) is 35.5 Å². The van der Waals surface area contributed by atoms with Gasteiger partial charge in [0, 0.05) is 6.61 Å². The van der Waals surface area contributed by atoms with Crippen molar-refractivity contribution in [2.75, 3.05) is 6.61 Å². The van der Waals surface area contributed by atoms with E-state index in [-0.39, 0.29) is 24.3 Å². The Morgan fingerprint density at radius 3 is 2.37 bits per heavy atom. The van der Waals surface area contributed by atoms with E-state index in [4.69, 9.17) is 14.2 Å². The van der Waals surface area contributed by atoms with Gasteiger partial charge in [0.25, 0.3) is 0 Å². The van der Waals surface area contributed by atoms with Gasteiger partial charge >= 0.3 is 6.09 Å². The molecule has 0 saturated carbocycles. The first kappa shape index (κ1) is 20.6. The summed E-state index contributed by atoms with van der Waals surface area (Å²) in [6, 6.07) is 19.4. The van der Waals surface area contributed by atoms with Gasteiger partial charge in [-0.25, -0.2) is 4.79 Å². The Labute approximate surface area is 178 Å². The molecule has 158 valence electrons. The van der Waals surface area contributed by atoms with E-state index in [2.05, 4.69) is 6.58 Å². The maximum atomic E-state index is 13.3. The number of hydrogen-bond donors (Lipinski definition) is 0. The lowest BCUT2D eigenvalue weighted by Gasteiger charge is -2.38. The Hall–Kier alpha value is -2.63. The van der Waals surface area contributed by atoms with Gasteiger partial charge in [0.05, 0.1) is 12.1 Å². The van der Waals surface area contributed by atoms with Crippen molar-refractivity contribution < 1.29 is 19.0 Å². The third-order valence-electron chi connectivity index (χ3n) is 5.98. The summed E-state index contributed by atoms with van der Waals surface area (Å²) in [4.78, 5) is 15.1. The molecule has 0 aliphatic carbocycles. The molecule has 2 fully saturated rings. The second-order valence-electron chi connectivity index (χ2n) is 7.94. The number of ether oxygens (including phenoxy) is 3. The Morgan fingerprint density at radius 2 is 1.77 bits per heavy atom. The molecule has 30 heavy (non-hydrogen) atoms. The van der Waals surface area contributed by atoms with E-state index < -0.39 is 11.9 Å². The molecule has 2 saturated heterocycles. The first-order chi connectivity index (χ1) is 14.6. The minimum Gasteiger partial charge on any atom is -0.439 e. The summed E-state index contributed by atoms with van der Waals surface area (Å²) in [5.74, 6) is -0.903. The lowest BCUT2D eigenvalue weighted by molar-refractivity contribution is -0.231. The van der Waals surface area contributed by atoms with Crippen molar-refractivity contribution in [3.8, 4) is 0 Å². The Morgan fingerprint density at radius 1 is 1.13 bits per heavy atom. The van der Waals surface area contributed by atoms with Gasteiger partial charge in [-0.05, 0) is 37.8 Å². The lowest BCUT2D eigenvalue weighted by atomic mass is 9.92. The zero-order chi connectivity index (χ0) is 21.1. The van der Waals surface area contributed by atoms with Crippen LogP contribution in [0.2, 0.25) is 0 Å². The van der Waals surface area contributed by atoms with Gasteiger partial charge in [-0.2, -0.15) is 0 Å². The van der Waals surface area contributed by atoms with E-state index in [1.54, 1.807) is 0 Å². The monoisotopic (exact) mass is 407 g/mol. The number of carbonyl (C=O) groups excluding carboxylic acids is 1. The number of carbonyl (C=O) groups is 1. The zero-order valence-electron chi connectivity index (χ0n) is 17.6. The smallest absolute Gasteiger partial charge is 0.411 e. The molecule has 0 aromatic heterocycles. The molecule has 2 aliphatic rings. The summed E-state index contributed by atoms with van der Waals surface area (Å²) in [5.41, 5.74) is 2.00. The Bertz CT molecular complexity index is 871. The molecule has 0 bridgehead atoms. The molecule has 2 aliphatic heterocycles. The predicted molar refractivity (Wildman–Crippen MR) is 115 cm³/mol. The van der Waals surface area contributed by atoms with Crippen LogP contribution in [-0.2, 0) is 14.2 Å². The highest BCUT2D eigenvalue weighted by Crippen LogP contribution is 2.49. The predicted octanol–water partition coefficient (Wildman–Crippen LogP) is 5.41. The van der Waals surface area contributed by atoms with Crippen LogP contribution in [0.1, 0.15) is 50.0 Å². The van der Waals surface area contributed by atoms with Crippen molar-refractivity contribution in [3.63, 3.8) is 0 Å². The molecule has 0 N–H and O–H groups in total. The van der Waals surface area contributed by atoms with Gasteiger partial charge in [-0.15, -0.1) is 6.58 Å². The molecule has 2 heterocycles. The van der Waals surface area contributed by atoms with Crippen molar-refractivity contribution in [2.45, 2.75) is 56.8 Å². The van der Waals surface area contributed by atoms with Crippen LogP contribution in [0, 0.1) is 0 Å². The van der Waals surface area contributed by atoms with Crippen LogP contribution in [0.4, 0.5) is 4.79 Å². The summed E-state index contributed by atoms with van der Waals surface area (Å²) in [6.07, 6.45) is 2.44. The van der Waals surface area contributed by atoms with Crippen LogP contribution in [0.3, 0.4) is 0 Å². The molecule has 2 aromatic carbocycles. The molecule has 5 atom stereocenters. The maximum absolute atomic E-state index is 13.3. The van der Waals surface area contributed by atoms with Crippen molar-refractivity contribution in [3.05, 3.63) is 84.4 Å². The van der Waals surface area contributed by atoms with Crippen LogP contribution in [0.25, 0.3) is 0 Å². The van der Waals surface area contributed by atoms with Crippen LogP contribution in [0.15, 0.2) is 73.3 Å². The number of amides is 1. The SMILES string of the molecule is C=CCC1C[C@@H](N2C(=O)O[C@@H](c3ccccc3)[C@H]2c2ccccc2)[C@](C)(OCC)O1. The van der Waals surface area contributed by atoms with Crippen molar-refractivity contribution in [2.24, 2.45) is 0 Å². The van der Waals surface area contributed by atoms with E-state index >= 15 is 0 Å². The van der Waals surface area contributed by atoms with Crippen LogP contribution in [0.5, 0.6) is 0 Å². The third kappa shape index (κ3) is 3.75. The van der Waals surface area contributed by atoms with Gasteiger partial charge in [-0.3, -0.25) is 4.90 Å². The molecular weight excluding hydrogens is 378 g/mol. The molecule has 5 heteroatoms. The van der Waals surface area contributed by atoms with Gasteiger partial charge in [0.15, 0.2) is 11.9 Å². The topological polar surface area (TPSA) is 48.0 Å². The number of hydrogen-bond acceptors (Lipinski definition) is 4. The second-order valence-corrected chi connectivity index (χ2v) is 7.94. The largest absolute Gasteiger partial charge is 0.439 e. The number of rotatable bonds is 7. The fourth-order valence-electron chi connectivity index (χ4n) is 4.73. The first-order valence-electron chi connectivity index (χ1n) is 10.6. The normalized spacial score (nSPS) is 31.0. The summed E-state index contributed by atoms with van der Waals surface area (Å²) < 4.78 is 18.3. The maximum Gasteiger partial charge on any atom is 0.411 e. The molecule has 4 rings (SSSR count). The van der Waals surface area contributed by atoms with Crippen molar-refractivity contribution in [1.82, 2.24) is 4.90 Å². The highest BCUT2D eigenvalue weighted by atomic mass is 16.7. The average Bonchev–Trinajstić information content (AvgIpc) is 3.26. The Kier molecular flexibility index (Phi) is 5.93. The summed E-state index contributed by atoms with van der Waals surface area (Å²) in [5, 5.41) is 0. The Balaban J connectivity index is 1.76. The minimum absolute atomic E-state index is 0.0518. The second kappa shape index (κ2) is 8.62. The summed E-state index contributed by atoms with van der Waals surface area (Å²) >= 11 is 0. The van der Waals surface area contributed by atoms with Gasteiger partial charge in [0.1, 0.15) is 6.04 Å². The van der Waals surface area contributed by atoms with Crippen molar-refractivity contribution in [1.29, 1.82) is 0 Å². The van der Waals surface area contributed by atoms with Crippen molar-refractivity contribution >= 4 is 6.09 Å². The van der Waals surface area contributed by atoms with Gasteiger partial charge in [0.2, 0.25) is 0 Å². The average molecular weight is 408 g/mol. The fourth-order valence-corrected chi connectivity index (χ4v) is 4.73. The lowest BCUT2D eigenvalue weighted by Crippen LogP contribution is -2.51. The van der Waals surface area contributed by atoms with E-state index in [9.17, 15) is 4.79 Å². The van der Waals surface area contributed by atoms with E-state index in [1.807, 2.05) is 85.5 Å². The third-order valence-corrected chi connectivity index (χ3v) is 5.98. The number of nitrogens with zero attached hydrogens (tertiary/aromatic N) is 1. The highest BCUT2D eigenvalue weighted by molar-refractivity contribution is 5.72. The quantitative estimate of drug-likeness (QED) is 0.576. The van der Waals surface area contributed by atoms with Gasteiger partial charge < -0.3 is 14.2 Å². The zero-order valence-corrected chi connectivity index (χ0v) is 17.6. The minimum atomic E-state index is -0.903. The van der Waals surface area contributed by atoms with Crippen LogP contribution >= 0.6 is 0 Å². The van der Waals surface area contributed by atoms with Crippen LogP contribution < -0.4 is 0 Å². The first-order valence-corrected chi connectivity index (χ1v) is 10.6. The van der Waals surface area contributed by atoms with E-state index in [0.29, 0.717) is 19.4 Å². The standard InChI is InChI=1S/C25H29NO4/c1-4-12-20-17-21(25(3,30-20)28-5-2)26-22(18-13-8-6-9-14-18)23(29-24(26)27)19-15-10-7-11-16-19/h4,6-11,13-16,20-23H,1,5,12,17H2,2-3H3/t20?,21-,22-,23+,25-/m1/s1. The summed E-state index contributed by atoms with van der Waals surface area (Å²) in [7, 11) is 0. The molecule has 1 amide bonds. The fraction of sp³-hybridized carbons (Fsp3) is 0.400. The molecule has 0 radical (unpaired) electrons. The number of benzene rings is 2. The molecule has 0 spiro atoms.